The highest BCUT2D eigenvalue weighted by molar-refractivity contribution is 7.98. The summed E-state index contributed by atoms with van der Waals surface area (Å²) in [6, 6.07) is 6.91. The molecule has 64 valence electrons. The third-order valence-electron chi connectivity index (χ3n) is 2.15. The lowest BCUT2D eigenvalue weighted by atomic mass is 10.1. The first kappa shape index (κ1) is 7.95. The molecular weight excluding hydrogens is 168 g/mol. The molecule has 1 aliphatic rings. The van der Waals surface area contributed by atoms with Crippen LogP contribution in [0.25, 0.3) is 0 Å². The highest BCUT2D eigenvalue weighted by Crippen LogP contribution is 2.30. The lowest BCUT2D eigenvalue weighted by Crippen LogP contribution is -2.15. The van der Waals surface area contributed by atoms with Gasteiger partial charge in [0, 0.05) is 4.90 Å². The van der Waals surface area contributed by atoms with Crippen LogP contribution in [-0.2, 0) is 0 Å². The molecule has 2 nitrogen and oxygen atoms in total. The molecule has 0 aliphatic carbocycles. The van der Waals surface area contributed by atoms with Gasteiger partial charge in [-0.25, -0.2) is 5.43 Å². The Hall–Kier alpha value is -0.670. The molecule has 1 aromatic carbocycles. The molecule has 0 fully saturated rings. The van der Waals surface area contributed by atoms with E-state index in [4.69, 9.17) is 0 Å². The van der Waals surface area contributed by atoms with Gasteiger partial charge in [0.25, 0.3) is 0 Å². The highest BCUT2D eigenvalue weighted by atomic mass is 32.2. The highest BCUT2D eigenvalue weighted by Gasteiger charge is 2.16. The Morgan fingerprint density at radius 1 is 1.42 bits per heavy atom. The van der Waals surface area contributed by atoms with Gasteiger partial charge in [-0.15, -0.1) is 11.8 Å². The number of hydrogen-bond acceptors (Lipinski definition) is 3. The molecule has 12 heavy (non-hydrogen) atoms. The largest absolute Gasteiger partial charge is 0.321 e. The molecule has 1 atom stereocenters. The van der Waals surface area contributed by atoms with Crippen molar-refractivity contribution in [1.82, 2.24) is 5.43 Å². The number of hydrazine groups is 1. The fourth-order valence-electron chi connectivity index (χ4n) is 1.40. The molecule has 0 aromatic heterocycles. The van der Waals surface area contributed by atoms with Gasteiger partial charge in [-0.2, -0.15) is 0 Å². The average Bonchev–Trinajstić information content (AvgIpc) is 2.47. The summed E-state index contributed by atoms with van der Waals surface area (Å²) in [5, 5.41) is 0. The smallest absolute Gasteiger partial charge is 0.0537 e. The molecular formula is C9H12N2S. The first-order chi connectivity index (χ1) is 5.81. The molecule has 0 spiro atoms. The van der Waals surface area contributed by atoms with Crippen LogP contribution in [0.2, 0.25) is 0 Å². The van der Waals surface area contributed by atoms with Gasteiger partial charge in [-0.1, -0.05) is 0 Å². The third-order valence-corrected chi connectivity index (χ3v) is 2.87. The van der Waals surface area contributed by atoms with Crippen molar-refractivity contribution in [3.8, 4) is 0 Å². The van der Waals surface area contributed by atoms with Gasteiger partial charge in [0.05, 0.1) is 11.7 Å². The van der Waals surface area contributed by atoms with Crippen LogP contribution in [0.4, 0.5) is 5.69 Å². The Balaban J connectivity index is 2.43. The second kappa shape index (κ2) is 2.99. The van der Waals surface area contributed by atoms with E-state index < -0.39 is 0 Å². The van der Waals surface area contributed by atoms with Crippen LogP contribution in [0.1, 0.15) is 18.5 Å². The fraction of sp³-hybridized carbons (Fsp3) is 0.333. The van der Waals surface area contributed by atoms with Crippen molar-refractivity contribution >= 4 is 17.4 Å². The van der Waals surface area contributed by atoms with E-state index in [9.17, 15) is 0 Å². The van der Waals surface area contributed by atoms with Crippen LogP contribution >= 0.6 is 11.8 Å². The Morgan fingerprint density at radius 3 is 3.00 bits per heavy atom. The average molecular weight is 180 g/mol. The van der Waals surface area contributed by atoms with Crippen LogP contribution in [0, 0.1) is 0 Å². The van der Waals surface area contributed by atoms with Crippen LogP contribution < -0.4 is 10.9 Å². The molecule has 0 bridgehead atoms. The van der Waals surface area contributed by atoms with Crippen molar-refractivity contribution in [2.45, 2.75) is 17.9 Å². The molecule has 0 saturated heterocycles. The predicted octanol–water partition coefficient (Wildman–Crippen LogP) is 2.40. The Morgan fingerprint density at radius 2 is 2.25 bits per heavy atom. The zero-order valence-electron chi connectivity index (χ0n) is 7.22. The first-order valence-corrected chi connectivity index (χ1v) is 5.23. The Bertz CT molecular complexity index is 299. The van der Waals surface area contributed by atoms with Gasteiger partial charge < -0.3 is 5.43 Å². The molecule has 2 N–H and O–H groups in total. The molecule has 2 rings (SSSR count). The van der Waals surface area contributed by atoms with Crippen molar-refractivity contribution < 1.29 is 0 Å². The summed E-state index contributed by atoms with van der Waals surface area (Å²) >= 11 is 1.78. The van der Waals surface area contributed by atoms with Crippen LogP contribution in [0.3, 0.4) is 0 Å². The normalized spacial score (nSPS) is 20.3. The van der Waals surface area contributed by atoms with Crippen LogP contribution in [0.5, 0.6) is 0 Å². The number of hydrogen-bond donors (Lipinski definition) is 2. The first-order valence-electron chi connectivity index (χ1n) is 4.01. The van der Waals surface area contributed by atoms with Gasteiger partial charge in [0.15, 0.2) is 0 Å². The van der Waals surface area contributed by atoms with E-state index in [1.54, 1.807) is 11.8 Å². The lowest BCUT2D eigenvalue weighted by Gasteiger charge is -2.03. The predicted molar refractivity (Wildman–Crippen MR) is 53.4 cm³/mol. The number of fused-ring (bicyclic) bond motifs is 1. The summed E-state index contributed by atoms with van der Waals surface area (Å²) in [7, 11) is 0. The zero-order chi connectivity index (χ0) is 8.55. The van der Waals surface area contributed by atoms with Crippen molar-refractivity contribution in [3.63, 3.8) is 0 Å². The van der Waals surface area contributed by atoms with Crippen molar-refractivity contribution in [2.75, 3.05) is 11.7 Å². The molecule has 1 aromatic rings. The fourth-order valence-corrected chi connectivity index (χ4v) is 1.85. The number of nitrogens with one attached hydrogen (secondary N) is 2. The van der Waals surface area contributed by atoms with E-state index in [0.717, 1.165) is 0 Å². The number of benzene rings is 1. The van der Waals surface area contributed by atoms with Crippen molar-refractivity contribution in [2.24, 2.45) is 0 Å². The van der Waals surface area contributed by atoms with Gasteiger partial charge in [0.2, 0.25) is 0 Å². The van der Waals surface area contributed by atoms with E-state index >= 15 is 0 Å². The van der Waals surface area contributed by atoms with E-state index in [-0.39, 0.29) is 0 Å². The third kappa shape index (κ3) is 1.19. The summed E-state index contributed by atoms with van der Waals surface area (Å²) in [6.07, 6.45) is 2.10. The molecule has 0 radical (unpaired) electrons. The SMILES string of the molecule is CSc1ccc2c(c1)C(C)NN2. The number of thioether (sulfide) groups is 1. The van der Waals surface area contributed by atoms with Crippen molar-refractivity contribution in [1.29, 1.82) is 0 Å². The van der Waals surface area contributed by atoms with Gasteiger partial charge in [-0.05, 0) is 36.9 Å². The molecule has 1 unspecified atom stereocenters. The second-order valence-corrected chi connectivity index (χ2v) is 3.82. The quantitative estimate of drug-likeness (QED) is 0.649. The zero-order valence-corrected chi connectivity index (χ0v) is 8.03. The molecule has 0 amide bonds. The maximum Gasteiger partial charge on any atom is 0.0537 e. The second-order valence-electron chi connectivity index (χ2n) is 2.94. The Labute approximate surface area is 76.7 Å². The topological polar surface area (TPSA) is 24.1 Å². The number of anilines is 1. The molecule has 1 aliphatic heterocycles. The van der Waals surface area contributed by atoms with Gasteiger partial charge in [0.1, 0.15) is 0 Å². The standard InChI is InChI=1S/C9H12N2S/c1-6-8-5-7(12-2)3-4-9(8)11-10-6/h3-6,10-11H,1-2H3. The maximum atomic E-state index is 3.18. The minimum atomic E-state index is 0.423. The summed E-state index contributed by atoms with van der Waals surface area (Å²) in [6.45, 7) is 2.16. The molecule has 0 saturated carbocycles. The number of rotatable bonds is 1. The lowest BCUT2D eigenvalue weighted by molar-refractivity contribution is 0.686. The summed E-state index contributed by atoms with van der Waals surface area (Å²) in [5.41, 5.74) is 8.89. The van der Waals surface area contributed by atoms with E-state index in [2.05, 4.69) is 42.2 Å². The molecule has 3 heteroatoms. The summed E-state index contributed by atoms with van der Waals surface area (Å²) in [4.78, 5) is 1.33. The molecule has 1 heterocycles. The Kier molecular flexibility index (Phi) is 1.98. The van der Waals surface area contributed by atoms with Crippen LogP contribution in [0.15, 0.2) is 23.1 Å². The minimum absolute atomic E-state index is 0.423. The monoisotopic (exact) mass is 180 g/mol. The minimum Gasteiger partial charge on any atom is -0.321 e. The van der Waals surface area contributed by atoms with E-state index in [1.807, 2.05) is 0 Å². The van der Waals surface area contributed by atoms with Crippen molar-refractivity contribution in [3.05, 3.63) is 23.8 Å². The summed E-state index contributed by atoms with van der Waals surface area (Å²) in [5.74, 6) is 0. The maximum absolute atomic E-state index is 3.18. The van der Waals surface area contributed by atoms with Crippen LogP contribution in [-0.4, -0.2) is 6.26 Å². The van der Waals surface area contributed by atoms with Gasteiger partial charge >= 0.3 is 0 Å². The van der Waals surface area contributed by atoms with E-state index in [1.165, 1.54) is 16.1 Å². The van der Waals surface area contributed by atoms with E-state index in [0.29, 0.717) is 6.04 Å². The summed E-state index contributed by atoms with van der Waals surface area (Å²) < 4.78 is 0. The van der Waals surface area contributed by atoms with Gasteiger partial charge in [-0.3, -0.25) is 0 Å².